The van der Waals surface area contributed by atoms with Gasteiger partial charge in [-0.2, -0.15) is 0 Å². The maximum atomic E-state index is 4.54. The largest absolute Gasteiger partial charge is 0.332 e. The van der Waals surface area contributed by atoms with Gasteiger partial charge in [-0.25, -0.2) is 4.98 Å². The molecule has 3 rings (SSSR count). The molecule has 0 N–H and O–H groups in total. The maximum Gasteiger partial charge on any atom is 0.140 e. The molecule has 2 heterocycles. The van der Waals surface area contributed by atoms with Gasteiger partial charge in [-0.15, -0.1) is 0 Å². The second-order valence-electron chi connectivity index (χ2n) is 5.17. The summed E-state index contributed by atoms with van der Waals surface area (Å²) in [6.45, 7) is 3.23. The van der Waals surface area contributed by atoms with Crippen LogP contribution in [0.2, 0.25) is 0 Å². The summed E-state index contributed by atoms with van der Waals surface area (Å²) in [7, 11) is 0. The molecule has 0 aliphatic rings. The highest BCUT2D eigenvalue weighted by Crippen LogP contribution is 2.20. The second-order valence-corrected chi connectivity index (χ2v) is 5.17. The minimum atomic E-state index is 1.03. The summed E-state index contributed by atoms with van der Waals surface area (Å²) in [5, 5.41) is 1.30. The van der Waals surface area contributed by atoms with Crippen LogP contribution < -0.4 is 0 Å². The Morgan fingerprint density at radius 3 is 2.70 bits per heavy atom. The zero-order valence-electron chi connectivity index (χ0n) is 11.9. The molecule has 0 bridgehead atoms. The van der Waals surface area contributed by atoms with Crippen molar-refractivity contribution in [3.8, 4) is 0 Å². The first-order chi connectivity index (χ1) is 9.88. The lowest BCUT2D eigenvalue weighted by Gasteiger charge is -2.04. The van der Waals surface area contributed by atoms with E-state index in [2.05, 4.69) is 59.1 Å². The van der Waals surface area contributed by atoms with Crippen LogP contribution in [0.15, 0.2) is 54.9 Å². The number of nitrogens with zero attached hydrogens (tertiary/aromatic N) is 2. The van der Waals surface area contributed by atoms with Crippen molar-refractivity contribution >= 4 is 11.0 Å². The maximum absolute atomic E-state index is 4.54. The fourth-order valence-corrected chi connectivity index (χ4v) is 2.75. The van der Waals surface area contributed by atoms with Gasteiger partial charge in [0, 0.05) is 24.3 Å². The molecule has 0 amide bonds. The number of rotatable bonds is 5. The predicted molar refractivity (Wildman–Crippen MR) is 83.9 cm³/mol. The van der Waals surface area contributed by atoms with E-state index in [9.17, 15) is 0 Å². The molecule has 2 aromatic heterocycles. The normalized spacial score (nSPS) is 11.1. The molecule has 0 radical (unpaired) electrons. The van der Waals surface area contributed by atoms with Crippen LogP contribution in [-0.4, -0.2) is 9.55 Å². The second kappa shape index (κ2) is 5.91. The Bertz CT molecular complexity index is 683. The molecule has 0 spiro atoms. The molecule has 2 heteroatoms. The highest BCUT2D eigenvalue weighted by Gasteiger charge is 2.07. The van der Waals surface area contributed by atoms with E-state index in [1.54, 1.807) is 0 Å². The van der Waals surface area contributed by atoms with Crippen molar-refractivity contribution in [1.82, 2.24) is 9.55 Å². The van der Waals surface area contributed by atoms with Crippen molar-refractivity contribution in [2.45, 2.75) is 32.7 Å². The number of hydrogen-bond donors (Lipinski definition) is 0. The van der Waals surface area contributed by atoms with E-state index in [0.29, 0.717) is 0 Å². The van der Waals surface area contributed by atoms with E-state index >= 15 is 0 Å². The monoisotopic (exact) mass is 264 g/mol. The lowest BCUT2D eigenvalue weighted by Crippen LogP contribution is -1.99. The average Bonchev–Trinajstić information content (AvgIpc) is 2.87. The number of fused-ring (bicyclic) bond motifs is 1. The fraction of sp³-hybridized carbons (Fsp3) is 0.278. The summed E-state index contributed by atoms with van der Waals surface area (Å²) in [5.41, 5.74) is 3.93. The predicted octanol–water partition coefficient (Wildman–Crippen LogP) is 4.23. The van der Waals surface area contributed by atoms with E-state index in [0.717, 1.165) is 31.5 Å². The lowest BCUT2D eigenvalue weighted by molar-refractivity contribution is 0.656. The molecule has 102 valence electrons. The Morgan fingerprint density at radius 2 is 1.90 bits per heavy atom. The summed E-state index contributed by atoms with van der Waals surface area (Å²) in [4.78, 5) is 4.54. The van der Waals surface area contributed by atoms with Gasteiger partial charge in [0.25, 0.3) is 0 Å². The number of aryl methyl sites for hydroxylation is 3. The summed E-state index contributed by atoms with van der Waals surface area (Å²) in [6, 6.07) is 14.9. The molecule has 1 aromatic carbocycles. The van der Waals surface area contributed by atoms with Crippen LogP contribution in [0.4, 0.5) is 0 Å². The van der Waals surface area contributed by atoms with Gasteiger partial charge in [-0.05, 0) is 42.5 Å². The fourth-order valence-electron chi connectivity index (χ4n) is 2.75. The van der Waals surface area contributed by atoms with Crippen molar-refractivity contribution in [2.24, 2.45) is 0 Å². The number of pyridine rings is 1. The lowest BCUT2D eigenvalue weighted by atomic mass is 10.1. The molecule has 0 atom stereocenters. The first kappa shape index (κ1) is 12.9. The first-order valence-corrected chi connectivity index (χ1v) is 7.35. The molecule has 0 saturated heterocycles. The molecule has 3 aromatic rings. The van der Waals surface area contributed by atoms with Crippen molar-refractivity contribution in [3.05, 3.63) is 66.0 Å². The Morgan fingerprint density at radius 1 is 1.05 bits per heavy atom. The van der Waals surface area contributed by atoms with E-state index in [-0.39, 0.29) is 0 Å². The van der Waals surface area contributed by atoms with Gasteiger partial charge >= 0.3 is 0 Å². The van der Waals surface area contributed by atoms with Crippen LogP contribution in [0, 0.1) is 0 Å². The Kier molecular flexibility index (Phi) is 3.82. The molecule has 0 aliphatic carbocycles. The Labute approximate surface area is 120 Å². The smallest absolute Gasteiger partial charge is 0.140 e. The van der Waals surface area contributed by atoms with Crippen LogP contribution in [0.3, 0.4) is 0 Å². The molecule has 0 unspecified atom stereocenters. The van der Waals surface area contributed by atoms with Crippen molar-refractivity contribution in [1.29, 1.82) is 0 Å². The van der Waals surface area contributed by atoms with E-state index in [4.69, 9.17) is 0 Å². The molecule has 0 saturated carbocycles. The van der Waals surface area contributed by atoms with Gasteiger partial charge < -0.3 is 4.57 Å². The molecular weight excluding hydrogens is 244 g/mol. The standard InChI is InChI=1S/C18H20N2/c1-2-16-14-20(18-17(16)11-6-12-19-18)13-7-10-15-8-4-3-5-9-15/h3-6,8-9,11-12,14H,2,7,10,13H2,1H3. The number of aromatic nitrogens is 2. The van der Waals surface area contributed by atoms with Gasteiger partial charge in [-0.1, -0.05) is 37.3 Å². The van der Waals surface area contributed by atoms with Gasteiger partial charge in [0.05, 0.1) is 0 Å². The van der Waals surface area contributed by atoms with Gasteiger partial charge in [-0.3, -0.25) is 0 Å². The van der Waals surface area contributed by atoms with E-state index in [1.807, 2.05) is 12.3 Å². The third-order valence-corrected chi connectivity index (χ3v) is 3.80. The molecule has 0 aliphatic heterocycles. The zero-order valence-corrected chi connectivity index (χ0v) is 11.9. The van der Waals surface area contributed by atoms with E-state index in [1.165, 1.54) is 16.5 Å². The van der Waals surface area contributed by atoms with Gasteiger partial charge in [0.15, 0.2) is 0 Å². The zero-order chi connectivity index (χ0) is 13.8. The van der Waals surface area contributed by atoms with Crippen LogP contribution in [0.25, 0.3) is 11.0 Å². The number of benzene rings is 1. The topological polar surface area (TPSA) is 17.8 Å². The van der Waals surface area contributed by atoms with Crippen molar-refractivity contribution < 1.29 is 0 Å². The Hall–Kier alpha value is -2.09. The van der Waals surface area contributed by atoms with Gasteiger partial charge in [0.2, 0.25) is 0 Å². The Balaban J connectivity index is 1.74. The van der Waals surface area contributed by atoms with Crippen molar-refractivity contribution in [3.63, 3.8) is 0 Å². The van der Waals surface area contributed by atoms with Gasteiger partial charge in [0.1, 0.15) is 5.65 Å². The van der Waals surface area contributed by atoms with Crippen LogP contribution >= 0.6 is 0 Å². The molecule has 20 heavy (non-hydrogen) atoms. The van der Waals surface area contributed by atoms with Crippen LogP contribution in [0.5, 0.6) is 0 Å². The number of hydrogen-bond acceptors (Lipinski definition) is 1. The minimum absolute atomic E-state index is 1.03. The summed E-state index contributed by atoms with van der Waals surface area (Å²) in [5.74, 6) is 0. The highest BCUT2D eigenvalue weighted by molar-refractivity contribution is 5.80. The summed E-state index contributed by atoms with van der Waals surface area (Å²) >= 11 is 0. The highest BCUT2D eigenvalue weighted by atomic mass is 15.0. The molecule has 0 fully saturated rings. The van der Waals surface area contributed by atoms with E-state index < -0.39 is 0 Å². The quantitative estimate of drug-likeness (QED) is 0.674. The van der Waals surface area contributed by atoms with Crippen molar-refractivity contribution in [2.75, 3.05) is 0 Å². The average molecular weight is 264 g/mol. The summed E-state index contributed by atoms with van der Waals surface area (Å²) < 4.78 is 2.30. The molecule has 2 nitrogen and oxygen atoms in total. The third-order valence-electron chi connectivity index (χ3n) is 3.80. The third kappa shape index (κ3) is 2.60. The van der Waals surface area contributed by atoms with Crippen LogP contribution in [0.1, 0.15) is 24.5 Å². The first-order valence-electron chi connectivity index (χ1n) is 7.35. The summed E-state index contributed by atoms with van der Waals surface area (Å²) in [6.07, 6.45) is 7.48. The van der Waals surface area contributed by atoms with Crippen LogP contribution in [-0.2, 0) is 19.4 Å². The minimum Gasteiger partial charge on any atom is -0.332 e. The SMILES string of the molecule is CCc1cn(CCCc2ccccc2)c2ncccc12. The molecular formula is C18H20N2.